The number of aryl methyl sites for hydroxylation is 1. The maximum absolute atomic E-state index is 12.1. The summed E-state index contributed by atoms with van der Waals surface area (Å²) >= 11 is 0. The summed E-state index contributed by atoms with van der Waals surface area (Å²) in [6.07, 6.45) is -2.45. The Morgan fingerprint density at radius 3 is 2.52 bits per heavy atom. The van der Waals surface area contributed by atoms with Crippen molar-refractivity contribution in [2.75, 3.05) is 13.2 Å². The molecular formula is C18H22N2O7. The molecule has 0 spiro atoms. The van der Waals surface area contributed by atoms with Gasteiger partial charge in [0, 0.05) is 11.8 Å². The van der Waals surface area contributed by atoms with Gasteiger partial charge in [-0.3, -0.25) is 14.3 Å². The van der Waals surface area contributed by atoms with Crippen molar-refractivity contribution in [3.05, 3.63) is 68.5 Å². The summed E-state index contributed by atoms with van der Waals surface area (Å²) in [5.74, 6) is 0. The van der Waals surface area contributed by atoms with Gasteiger partial charge in [-0.25, -0.2) is 4.79 Å². The smallest absolute Gasteiger partial charge is 0.330 e. The van der Waals surface area contributed by atoms with Crippen molar-refractivity contribution in [3.8, 4) is 0 Å². The van der Waals surface area contributed by atoms with E-state index in [9.17, 15) is 24.9 Å². The largest absolute Gasteiger partial charge is 0.393 e. The van der Waals surface area contributed by atoms with Crippen LogP contribution in [0.5, 0.6) is 0 Å². The molecule has 9 heteroatoms. The lowest BCUT2D eigenvalue weighted by Gasteiger charge is -2.30. The predicted octanol–water partition coefficient (Wildman–Crippen LogP) is -0.956. The van der Waals surface area contributed by atoms with Crippen LogP contribution >= 0.6 is 0 Å². The van der Waals surface area contributed by atoms with E-state index in [-0.39, 0.29) is 12.2 Å². The average molecular weight is 378 g/mol. The van der Waals surface area contributed by atoms with Crippen molar-refractivity contribution in [2.45, 2.75) is 37.6 Å². The molecule has 1 aliphatic rings. The first-order valence-electron chi connectivity index (χ1n) is 8.47. The summed E-state index contributed by atoms with van der Waals surface area (Å²) in [6, 6.07) is 9.17. The molecule has 1 aromatic heterocycles. The van der Waals surface area contributed by atoms with Gasteiger partial charge in [0.1, 0.15) is 17.8 Å². The molecule has 0 bridgehead atoms. The molecule has 146 valence electrons. The first kappa shape index (κ1) is 19.5. The highest BCUT2D eigenvalue weighted by Gasteiger charge is 2.56. The number of aliphatic hydroxyl groups is 3. The van der Waals surface area contributed by atoms with E-state index < -0.39 is 48.5 Å². The Morgan fingerprint density at radius 1 is 1.22 bits per heavy atom. The molecule has 0 radical (unpaired) electrons. The van der Waals surface area contributed by atoms with E-state index in [1.54, 1.807) is 0 Å². The monoisotopic (exact) mass is 378 g/mol. The van der Waals surface area contributed by atoms with Crippen molar-refractivity contribution in [1.29, 1.82) is 0 Å². The van der Waals surface area contributed by atoms with E-state index in [0.29, 0.717) is 0 Å². The minimum Gasteiger partial charge on any atom is -0.393 e. The summed E-state index contributed by atoms with van der Waals surface area (Å²) in [5.41, 5.74) is -1.85. The van der Waals surface area contributed by atoms with Crippen molar-refractivity contribution in [2.24, 2.45) is 0 Å². The molecule has 1 saturated heterocycles. The summed E-state index contributed by atoms with van der Waals surface area (Å²) in [7, 11) is 0. The zero-order chi connectivity index (χ0) is 19.6. The van der Waals surface area contributed by atoms with E-state index >= 15 is 0 Å². The first-order valence-corrected chi connectivity index (χ1v) is 8.47. The number of nitrogens with one attached hydrogen (secondary N) is 1. The van der Waals surface area contributed by atoms with Gasteiger partial charge in [-0.1, -0.05) is 30.3 Å². The van der Waals surface area contributed by atoms with E-state index in [2.05, 4.69) is 4.98 Å². The number of hydrogen-bond acceptors (Lipinski definition) is 7. The third-order valence-electron chi connectivity index (χ3n) is 4.70. The summed E-state index contributed by atoms with van der Waals surface area (Å²) < 4.78 is 12.5. The summed E-state index contributed by atoms with van der Waals surface area (Å²) in [6.45, 7) is 0.353. The molecule has 1 aromatic carbocycles. The SMILES string of the molecule is Cc1cn([C@@H]2OC(CO)(CO)[C@H](OCc3ccccc3)[C@H]2O)c(=O)[nH]c1=O. The molecule has 2 aromatic rings. The number of ether oxygens (including phenoxy) is 2. The number of aromatic amines is 1. The Balaban J connectivity index is 1.92. The third-order valence-corrected chi connectivity index (χ3v) is 4.70. The second-order valence-electron chi connectivity index (χ2n) is 6.58. The Hall–Kier alpha value is -2.30. The van der Waals surface area contributed by atoms with Gasteiger partial charge in [0.2, 0.25) is 0 Å². The van der Waals surface area contributed by atoms with Crippen LogP contribution in [0.15, 0.2) is 46.1 Å². The molecule has 4 N–H and O–H groups in total. The molecule has 0 amide bonds. The highest BCUT2D eigenvalue weighted by atomic mass is 16.6. The van der Waals surface area contributed by atoms with Crippen LogP contribution in [0.3, 0.4) is 0 Å². The normalized spacial score (nSPS) is 24.2. The minimum absolute atomic E-state index is 0.111. The van der Waals surface area contributed by atoms with Gasteiger partial charge in [-0.2, -0.15) is 0 Å². The summed E-state index contributed by atoms with van der Waals surface area (Å²) in [5, 5.41) is 30.4. The Kier molecular flexibility index (Phi) is 5.59. The molecular weight excluding hydrogens is 356 g/mol. The van der Waals surface area contributed by atoms with Crippen molar-refractivity contribution in [1.82, 2.24) is 9.55 Å². The van der Waals surface area contributed by atoms with Crippen molar-refractivity contribution < 1.29 is 24.8 Å². The Labute approximate surface area is 154 Å². The summed E-state index contributed by atoms with van der Waals surface area (Å²) in [4.78, 5) is 25.9. The van der Waals surface area contributed by atoms with E-state index in [1.807, 2.05) is 30.3 Å². The number of H-pyrrole nitrogens is 1. The molecule has 1 fully saturated rings. The maximum atomic E-state index is 12.1. The highest BCUT2D eigenvalue weighted by molar-refractivity contribution is 5.14. The molecule has 9 nitrogen and oxygen atoms in total. The van der Waals surface area contributed by atoms with Gasteiger partial charge < -0.3 is 24.8 Å². The first-order chi connectivity index (χ1) is 12.9. The topological polar surface area (TPSA) is 134 Å². The fraction of sp³-hybridized carbons (Fsp3) is 0.444. The zero-order valence-corrected chi connectivity index (χ0v) is 14.7. The van der Waals surface area contributed by atoms with Crippen LogP contribution in [-0.2, 0) is 16.1 Å². The highest BCUT2D eigenvalue weighted by Crippen LogP contribution is 2.38. The number of hydrogen-bond donors (Lipinski definition) is 4. The molecule has 27 heavy (non-hydrogen) atoms. The molecule has 2 heterocycles. The van der Waals surface area contributed by atoms with Gasteiger partial charge in [0.15, 0.2) is 6.23 Å². The van der Waals surface area contributed by atoms with Crippen LogP contribution in [0.1, 0.15) is 17.4 Å². The van der Waals surface area contributed by atoms with Crippen LogP contribution in [0.2, 0.25) is 0 Å². The molecule has 3 atom stereocenters. The predicted molar refractivity (Wildman–Crippen MR) is 94.1 cm³/mol. The molecule has 0 saturated carbocycles. The standard InChI is InChI=1S/C18H22N2O7/c1-11-7-20(17(25)19-15(11)24)16-13(23)14(18(9-21,10-22)27-16)26-8-12-5-3-2-4-6-12/h2-7,13-14,16,21-23H,8-10H2,1H3,(H,19,24,25)/t13-,14-,16-/m1/s1. The van der Waals surface area contributed by atoms with Crippen molar-refractivity contribution >= 4 is 0 Å². The van der Waals surface area contributed by atoms with Gasteiger partial charge in [0.05, 0.1) is 19.8 Å². The quantitative estimate of drug-likeness (QED) is 0.509. The van der Waals surface area contributed by atoms with E-state index in [0.717, 1.165) is 10.1 Å². The number of aromatic nitrogens is 2. The number of aliphatic hydroxyl groups excluding tert-OH is 3. The van der Waals surface area contributed by atoms with Gasteiger partial charge in [-0.15, -0.1) is 0 Å². The van der Waals surface area contributed by atoms with Crippen LogP contribution in [-0.4, -0.2) is 55.9 Å². The second-order valence-corrected chi connectivity index (χ2v) is 6.58. The fourth-order valence-electron chi connectivity index (χ4n) is 3.15. The molecule has 0 aliphatic carbocycles. The second kappa shape index (κ2) is 7.75. The van der Waals surface area contributed by atoms with Crippen LogP contribution in [0.4, 0.5) is 0 Å². The molecule has 0 unspecified atom stereocenters. The lowest BCUT2D eigenvalue weighted by Crippen LogP contribution is -2.50. The third kappa shape index (κ3) is 3.60. The number of rotatable bonds is 6. The van der Waals surface area contributed by atoms with E-state index in [1.165, 1.54) is 13.1 Å². The number of nitrogens with zero attached hydrogens (tertiary/aromatic N) is 1. The fourth-order valence-corrected chi connectivity index (χ4v) is 3.15. The Morgan fingerprint density at radius 2 is 1.89 bits per heavy atom. The van der Waals surface area contributed by atoms with Gasteiger partial charge >= 0.3 is 5.69 Å². The maximum Gasteiger partial charge on any atom is 0.330 e. The van der Waals surface area contributed by atoms with Crippen LogP contribution in [0.25, 0.3) is 0 Å². The van der Waals surface area contributed by atoms with Crippen LogP contribution in [0, 0.1) is 6.92 Å². The van der Waals surface area contributed by atoms with E-state index in [4.69, 9.17) is 9.47 Å². The minimum atomic E-state index is -1.61. The van der Waals surface area contributed by atoms with Crippen molar-refractivity contribution in [3.63, 3.8) is 0 Å². The van der Waals surface area contributed by atoms with Gasteiger partial charge in [0.25, 0.3) is 5.56 Å². The Bertz CT molecular complexity index is 889. The van der Waals surface area contributed by atoms with Gasteiger partial charge in [-0.05, 0) is 12.5 Å². The lowest BCUT2D eigenvalue weighted by atomic mass is 9.96. The number of benzene rings is 1. The molecule has 3 rings (SSSR count). The zero-order valence-electron chi connectivity index (χ0n) is 14.7. The van der Waals surface area contributed by atoms with Crippen LogP contribution < -0.4 is 11.2 Å². The molecule has 1 aliphatic heterocycles. The average Bonchev–Trinajstić information content (AvgIpc) is 2.96. The lowest BCUT2D eigenvalue weighted by molar-refractivity contribution is -0.164.